The topological polar surface area (TPSA) is 79.4 Å². The van der Waals surface area contributed by atoms with Crippen LogP contribution in [0.5, 0.6) is 0 Å². The van der Waals surface area contributed by atoms with Crippen LogP contribution < -0.4 is 4.72 Å². The van der Waals surface area contributed by atoms with Crippen LogP contribution in [0.25, 0.3) is 0 Å². The van der Waals surface area contributed by atoms with Crippen LogP contribution in [0.15, 0.2) is 53.7 Å². The molecule has 1 saturated heterocycles. The fourth-order valence-electron chi connectivity index (χ4n) is 3.80. The molecular formula is C22H29N3O3S. The number of carbonyl (C=O) groups is 1. The number of benzene rings is 1. The summed E-state index contributed by atoms with van der Waals surface area (Å²) in [6.07, 6.45) is 6.17. The molecule has 0 radical (unpaired) electrons. The van der Waals surface area contributed by atoms with Gasteiger partial charge in [-0.1, -0.05) is 20.8 Å². The summed E-state index contributed by atoms with van der Waals surface area (Å²) in [5, 5.41) is 0. The number of sulfonamides is 1. The Labute approximate surface area is 173 Å². The van der Waals surface area contributed by atoms with Crippen molar-refractivity contribution in [3.8, 4) is 0 Å². The summed E-state index contributed by atoms with van der Waals surface area (Å²) in [6.45, 7) is 7.29. The van der Waals surface area contributed by atoms with Gasteiger partial charge in [0.1, 0.15) is 0 Å². The van der Waals surface area contributed by atoms with E-state index in [9.17, 15) is 13.2 Å². The molecule has 2 heterocycles. The van der Waals surface area contributed by atoms with Gasteiger partial charge in [0.15, 0.2) is 0 Å². The molecule has 1 aromatic carbocycles. The van der Waals surface area contributed by atoms with E-state index in [0.717, 1.165) is 25.8 Å². The van der Waals surface area contributed by atoms with Gasteiger partial charge in [0.25, 0.3) is 15.9 Å². The minimum atomic E-state index is -3.72. The largest absolute Gasteiger partial charge is 0.335 e. The zero-order chi connectivity index (χ0) is 21.0. The highest BCUT2D eigenvalue weighted by atomic mass is 32.2. The van der Waals surface area contributed by atoms with Gasteiger partial charge in [-0.15, -0.1) is 0 Å². The van der Waals surface area contributed by atoms with Gasteiger partial charge in [0.05, 0.1) is 10.6 Å². The number of likely N-dealkylation sites (tertiary alicyclic amines) is 1. The van der Waals surface area contributed by atoms with Crippen molar-refractivity contribution in [2.75, 3.05) is 11.3 Å². The molecule has 1 fully saturated rings. The van der Waals surface area contributed by atoms with E-state index in [2.05, 4.69) is 30.5 Å². The molecule has 1 aliphatic heterocycles. The van der Waals surface area contributed by atoms with E-state index >= 15 is 0 Å². The molecular weight excluding hydrogens is 386 g/mol. The van der Waals surface area contributed by atoms with Gasteiger partial charge in [0, 0.05) is 30.5 Å². The van der Waals surface area contributed by atoms with Crippen molar-refractivity contribution in [1.82, 2.24) is 9.88 Å². The third kappa shape index (κ3) is 5.15. The SMILES string of the molecule is CC1CCC(C(C)C)N(C(=O)c2ccc(S(=O)(=O)Nc3ccncc3)cc2)CC1. The van der Waals surface area contributed by atoms with Crippen molar-refractivity contribution in [3.05, 3.63) is 54.4 Å². The predicted octanol–water partition coefficient (Wildman–Crippen LogP) is 4.17. The number of carbonyl (C=O) groups excluding carboxylic acids is 1. The number of pyridine rings is 1. The molecule has 0 aliphatic carbocycles. The monoisotopic (exact) mass is 415 g/mol. The van der Waals surface area contributed by atoms with Crippen molar-refractivity contribution in [1.29, 1.82) is 0 Å². The molecule has 2 atom stereocenters. The van der Waals surface area contributed by atoms with Gasteiger partial charge in [0.2, 0.25) is 0 Å². The molecule has 3 rings (SSSR count). The number of rotatable bonds is 5. The van der Waals surface area contributed by atoms with Crippen molar-refractivity contribution >= 4 is 21.6 Å². The van der Waals surface area contributed by atoms with Crippen LogP contribution >= 0.6 is 0 Å². The minimum absolute atomic E-state index is 0.0242. The highest BCUT2D eigenvalue weighted by Crippen LogP contribution is 2.27. The normalized spacial score (nSPS) is 20.3. The molecule has 6 nitrogen and oxygen atoms in total. The van der Waals surface area contributed by atoms with Crippen LogP contribution in [-0.2, 0) is 10.0 Å². The lowest BCUT2D eigenvalue weighted by Crippen LogP contribution is -2.42. The third-order valence-corrected chi connectivity index (χ3v) is 6.99. The number of hydrogen-bond acceptors (Lipinski definition) is 4. The summed E-state index contributed by atoms with van der Waals surface area (Å²) < 4.78 is 27.7. The second-order valence-corrected chi connectivity index (χ2v) is 9.83. The van der Waals surface area contributed by atoms with Crippen molar-refractivity contribution in [2.24, 2.45) is 11.8 Å². The number of aromatic nitrogens is 1. The first-order chi connectivity index (χ1) is 13.8. The molecule has 1 amide bonds. The molecule has 2 aromatic rings. The molecule has 156 valence electrons. The second kappa shape index (κ2) is 8.95. The molecule has 2 unspecified atom stereocenters. The lowest BCUT2D eigenvalue weighted by atomic mass is 9.95. The van der Waals surface area contributed by atoms with E-state index in [1.807, 2.05) is 4.90 Å². The zero-order valence-electron chi connectivity index (χ0n) is 17.2. The Kier molecular flexibility index (Phi) is 6.57. The Hall–Kier alpha value is -2.41. The van der Waals surface area contributed by atoms with Gasteiger partial charge in [-0.05, 0) is 67.5 Å². The van der Waals surface area contributed by atoms with E-state index in [0.29, 0.717) is 23.1 Å². The third-order valence-electron chi connectivity index (χ3n) is 5.59. The van der Waals surface area contributed by atoms with Crippen LogP contribution in [-0.4, -0.2) is 36.8 Å². The highest BCUT2D eigenvalue weighted by Gasteiger charge is 2.30. The molecule has 7 heteroatoms. The Morgan fingerprint density at radius 3 is 2.34 bits per heavy atom. The number of anilines is 1. The fourth-order valence-corrected chi connectivity index (χ4v) is 4.86. The Bertz CT molecular complexity index is 928. The number of nitrogens with zero attached hydrogens (tertiary/aromatic N) is 2. The van der Waals surface area contributed by atoms with Crippen LogP contribution in [0.2, 0.25) is 0 Å². The van der Waals surface area contributed by atoms with Crippen LogP contribution in [0, 0.1) is 11.8 Å². The van der Waals surface area contributed by atoms with E-state index in [1.54, 1.807) is 24.3 Å². The summed E-state index contributed by atoms with van der Waals surface area (Å²) in [5.41, 5.74) is 0.965. The first kappa shape index (κ1) is 21.3. The van der Waals surface area contributed by atoms with Gasteiger partial charge in [-0.25, -0.2) is 8.42 Å². The minimum Gasteiger partial charge on any atom is -0.335 e. The van der Waals surface area contributed by atoms with Gasteiger partial charge >= 0.3 is 0 Å². The summed E-state index contributed by atoms with van der Waals surface area (Å²) >= 11 is 0. The van der Waals surface area contributed by atoms with Crippen LogP contribution in [0.1, 0.15) is 50.4 Å². The number of amides is 1. The van der Waals surface area contributed by atoms with Crippen LogP contribution in [0.3, 0.4) is 0 Å². The average molecular weight is 416 g/mol. The standard InChI is InChI=1S/C22H29N3O3S/c1-16(2)21-9-4-17(3)12-15-25(21)22(26)18-5-7-20(8-6-18)29(27,28)24-19-10-13-23-14-11-19/h5-8,10-11,13-14,16-17,21H,4,9,12,15H2,1-3H3,(H,23,24). The summed E-state index contributed by atoms with van der Waals surface area (Å²) in [6, 6.07) is 9.57. The highest BCUT2D eigenvalue weighted by molar-refractivity contribution is 7.92. The maximum Gasteiger partial charge on any atom is 0.261 e. The van der Waals surface area contributed by atoms with Crippen molar-refractivity contribution < 1.29 is 13.2 Å². The van der Waals surface area contributed by atoms with Crippen LogP contribution in [0.4, 0.5) is 5.69 Å². The molecule has 1 aromatic heterocycles. The number of hydrogen-bond donors (Lipinski definition) is 1. The fraction of sp³-hybridized carbons (Fsp3) is 0.455. The molecule has 0 spiro atoms. The molecule has 0 saturated carbocycles. The predicted molar refractivity (Wildman–Crippen MR) is 114 cm³/mol. The Balaban J connectivity index is 1.79. The lowest BCUT2D eigenvalue weighted by molar-refractivity contribution is 0.0631. The van der Waals surface area contributed by atoms with Gasteiger partial charge < -0.3 is 4.90 Å². The molecule has 29 heavy (non-hydrogen) atoms. The van der Waals surface area contributed by atoms with Crippen molar-refractivity contribution in [2.45, 2.75) is 51.0 Å². The molecule has 1 aliphatic rings. The van der Waals surface area contributed by atoms with Gasteiger partial charge in [-0.2, -0.15) is 0 Å². The number of nitrogens with one attached hydrogen (secondary N) is 1. The lowest BCUT2D eigenvalue weighted by Gasteiger charge is -2.33. The van der Waals surface area contributed by atoms with E-state index in [1.165, 1.54) is 24.5 Å². The first-order valence-corrected chi connectivity index (χ1v) is 11.6. The summed E-state index contributed by atoms with van der Waals surface area (Å²) in [7, 11) is -3.72. The van der Waals surface area contributed by atoms with E-state index in [4.69, 9.17) is 0 Å². The van der Waals surface area contributed by atoms with Gasteiger partial charge in [-0.3, -0.25) is 14.5 Å². The maximum atomic E-state index is 13.2. The molecule has 0 bridgehead atoms. The Morgan fingerprint density at radius 2 is 1.72 bits per heavy atom. The second-order valence-electron chi connectivity index (χ2n) is 8.15. The zero-order valence-corrected chi connectivity index (χ0v) is 18.0. The van der Waals surface area contributed by atoms with E-state index in [-0.39, 0.29) is 16.8 Å². The Morgan fingerprint density at radius 1 is 1.07 bits per heavy atom. The average Bonchev–Trinajstić information content (AvgIpc) is 2.90. The first-order valence-electron chi connectivity index (χ1n) is 10.1. The summed E-state index contributed by atoms with van der Waals surface area (Å²) in [4.78, 5) is 19.2. The quantitative estimate of drug-likeness (QED) is 0.795. The maximum absolute atomic E-state index is 13.2. The van der Waals surface area contributed by atoms with E-state index < -0.39 is 10.0 Å². The smallest absolute Gasteiger partial charge is 0.261 e. The summed E-state index contributed by atoms with van der Waals surface area (Å²) in [5.74, 6) is 0.970. The van der Waals surface area contributed by atoms with Crippen molar-refractivity contribution in [3.63, 3.8) is 0 Å². The molecule has 1 N–H and O–H groups in total.